The van der Waals surface area contributed by atoms with Crippen molar-refractivity contribution in [2.45, 2.75) is 13.0 Å². The molecule has 0 radical (unpaired) electrons. The molecule has 0 spiro atoms. The van der Waals surface area contributed by atoms with Crippen LogP contribution in [0, 0.1) is 0 Å². The van der Waals surface area contributed by atoms with Gasteiger partial charge < -0.3 is 15.5 Å². The Balaban J connectivity index is 2.11. The standard InChI is InChI=1S/C11H13N3O2S/c1-7(5-12)14-10(15)9-6-13-11(17-9)8-3-2-4-16-8/h2-4,6-7H,5,12H2,1H3,(H,14,15)/t7-/m0/s1. The Labute approximate surface area is 103 Å². The van der Waals surface area contributed by atoms with Crippen molar-refractivity contribution in [1.82, 2.24) is 10.3 Å². The summed E-state index contributed by atoms with van der Waals surface area (Å²) in [5.41, 5.74) is 5.44. The SMILES string of the molecule is C[C@@H](CN)NC(=O)c1cnc(-c2ccco2)s1. The van der Waals surface area contributed by atoms with Gasteiger partial charge in [0, 0.05) is 12.6 Å². The molecule has 2 rings (SSSR count). The number of rotatable bonds is 4. The third kappa shape index (κ3) is 2.72. The molecule has 3 N–H and O–H groups in total. The predicted octanol–water partition coefficient (Wildman–Crippen LogP) is 1.48. The van der Waals surface area contributed by atoms with Crippen LogP contribution in [0.3, 0.4) is 0 Å². The molecule has 0 aliphatic carbocycles. The van der Waals surface area contributed by atoms with Crippen LogP contribution in [0.1, 0.15) is 16.6 Å². The molecule has 5 nitrogen and oxygen atoms in total. The lowest BCUT2D eigenvalue weighted by molar-refractivity contribution is 0.0945. The van der Waals surface area contributed by atoms with Gasteiger partial charge in [0.05, 0.1) is 12.5 Å². The van der Waals surface area contributed by atoms with Crippen molar-refractivity contribution in [2.24, 2.45) is 5.73 Å². The molecule has 6 heteroatoms. The zero-order valence-electron chi connectivity index (χ0n) is 9.34. The van der Waals surface area contributed by atoms with Crippen LogP contribution < -0.4 is 11.1 Å². The number of hydrogen-bond donors (Lipinski definition) is 2. The van der Waals surface area contributed by atoms with Crippen molar-refractivity contribution < 1.29 is 9.21 Å². The van der Waals surface area contributed by atoms with Gasteiger partial charge in [0.15, 0.2) is 10.8 Å². The van der Waals surface area contributed by atoms with Crippen molar-refractivity contribution in [3.05, 3.63) is 29.5 Å². The number of nitrogens with two attached hydrogens (primary N) is 1. The molecule has 0 aliphatic rings. The molecule has 0 fully saturated rings. The zero-order valence-corrected chi connectivity index (χ0v) is 10.2. The average Bonchev–Trinajstić information content (AvgIpc) is 2.98. The fraction of sp³-hybridized carbons (Fsp3) is 0.273. The van der Waals surface area contributed by atoms with Gasteiger partial charge in [-0.05, 0) is 19.1 Å². The van der Waals surface area contributed by atoms with E-state index in [1.165, 1.54) is 11.3 Å². The van der Waals surface area contributed by atoms with E-state index in [9.17, 15) is 4.79 Å². The van der Waals surface area contributed by atoms with Crippen LogP contribution in [0.25, 0.3) is 10.8 Å². The van der Waals surface area contributed by atoms with Crippen molar-refractivity contribution in [2.75, 3.05) is 6.54 Å². The maximum Gasteiger partial charge on any atom is 0.263 e. The minimum atomic E-state index is -0.154. The van der Waals surface area contributed by atoms with Crippen molar-refractivity contribution in [1.29, 1.82) is 0 Å². The van der Waals surface area contributed by atoms with Crippen molar-refractivity contribution in [3.8, 4) is 10.8 Å². The van der Waals surface area contributed by atoms with Crippen molar-refractivity contribution in [3.63, 3.8) is 0 Å². The molecule has 0 aliphatic heterocycles. The van der Waals surface area contributed by atoms with E-state index in [1.54, 1.807) is 18.5 Å². The molecule has 2 aromatic heterocycles. The summed E-state index contributed by atoms with van der Waals surface area (Å²) in [6, 6.07) is 3.55. The Hall–Kier alpha value is -1.66. The largest absolute Gasteiger partial charge is 0.462 e. The summed E-state index contributed by atoms with van der Waals surface area (Å²) < 4.78 is 5.21. The number of nitrogens with one attached hydrogen (secondary N) is 1. The lowest BCUT2D eigenvalue weighted by Gasteiger charge is -2.09. The summed E-state index contributed by atoms with van der Waals surface area (Å²) in [5.74, 6) is 0.513. The summed E-state index contributed by atoms with van der Waals surface area (Å²) >= 11 is 1.29. The summed E-state index contributed by atoms with van der Waals surface area (Å²) in [7, 11) is 0. The molecule has 90 valence electrons. The molecule has 1 atom stereocenters. The van der Waals surface area contributed by atoms with Gasteiger partial charge in [-0.15, -0.1) is 11.3 Å². The minimum Gasteiger partial charge on any atom is -0.462 e. The molecule has 1 amide bonds. The third-order valence-corrected chi connectivity index (χ3v) is 3.20. The van der Waals surface area contributed by atoms with E-state index in [0.717, 1.165) is 0 Å². The maximum absolute atomic E-state index is 11.8. The number of furan rings is 1. The van der Waals surface area contributed by atoms with Gasteiger partial charge in [-0.2, -0.15) is 0 Å². The monoisotopic (exact) mass is 251 g/mol. The third-order valence-electron chi connectivity index (χ3n) is 2.19. The molecule has 2 aromatic rings. The van der Waals surface area contributed by atoms with E-state index in [0.29, 0.717) is 22.2 Å². The second-order valence-electron chi connectivity index (χ2n) is 3.62. The lowest BCUT2D eigenvalue weighted by atomic mass is 10.3. The Kier molecular flexibility index (Phi) is 3.55. The summed E-state index contributed by atoms with van der Waals surface area (Å²) in [4.78, 5) is 16.5. The fourth-order valence-corrected chi connectivity index (χ4v) is 2.03. The number of amides is 1. The summed E-state index contributed by atoms with van der Waals surface area (Å²) in [6.45, 7) is 2.27. The first-order valence-corrected chi connectivity index (χ1v) is 6.03. The van der Waals surface area contributed by atoms with Gasteiger partial charge in [0.1, 0.15) is 4.88 Å². The van der Waals surface area contributed by atoms with Crippen LogP contribution in [-0.4, -0.2) is 23.5 Å². The van der Waals surface area contributed by atoms with E-state index in [2.05, 4.69) is 10.3 Å². The second kappa shape index (κ2) is 5.11. The molecule has 0 saturated heterocycles. The first-order valence-electron chi connectivity index (χ1n) is 5.21. The van der Waals surface area contributed by atoms with Gasteiger partial charge in [-0.1, -0.05) is 0 Å². The number of thiazole rings is 1. The van der Waals surface area contributed by atoms with Gasteiger partial charge in [-0.25, -0.2) is 4.98 Å². The van der Waals surface area contributed by atoms with Gasteiger partial charge in [0.25, 0.3) is 5.91 Å². The van der Waals surface area contributed by atoms with Gasteiger partial charge in [0.2, 0.25) is 0 Å². The highest BCUT2D eigenvalue weighted by atomic mass is 32.1. The topological polar surface area (TPSA) is 81.1 Å². The first-order chi connectivity index (χ1) is 8.20. The Bertz CT molecular complexity index is 493. The van der Waals surface area contributed by atoms with E-state index in [4.69, 9.17) is 10.2 Å². The smallest absolute Gasteiger partial charge is 0.263 e. The molecule has 17 heavy (non-hydrogen) atoms. The number of hydrogen-bond acceptors (Lipinski definition) is 5. The maximum atomic E-state index is 11.8. The second-order valence-corrected chi connectivity index (χ2v) is 4.65. The Morgan fingerprint density at radius 3 is 3.18 bits per heavy atom. The van der Waals surface area contributed by atoms with E-state index < -0.39 is 0 Å². The summed E-state index contributed by atoms with van der Waals surface area (Å²) in [5, 5.41) is 3.48. The summed E-state index contributed by atoms with van der Waals surface area (Å²) in [6.07, 6.45) is 3.12. The minimum absolute atomic E-state index is 0.0448. The van der Waals surface area contributed by atoms with Crippen LogP contribution in [0.5, 0.6) is 0 Å². The lowest BCUT2D eigenvalue weighted by Crippen LogP contribution is -2.37. The highest BCUT2D eigenvalue weighted by Crippen LogP contribution is 2.25. The van der Waals surface area contributed by atoms with Crippen LogP contribution in [0.15, 0.2) is 29.0 Å². The molecule has 0 unspecified atom stereocenters. The van der Waals surface area contributed by atoms with Crippen LogP contribution in [0.2, 0.25) is 0 Å². The molecular formula is C11H13N3O2S. The van der Waals surface area contributed by atoms with Crippen LogP contribution in [-0.2, 0) is 0 Å². The van der Waals surface area contributed by atoms with E-state index in [1.807, 2.05) is 13.0 Å². The molecule has 0 bridgehead atoms. The Morgan fingerprint density at radius 2 is 2.53 bits per heavy atom. The average molecular weight is 251 g/mol. The van der Waals surface area contributed by atoms with Crippen molar-refractivity contribution >= 4 is 17.2 Å². The molecular weight excluding hydrogens is 238 g/mol. The van der Waals surface area contributed by atoms with Crippen LogP contribution >= 0.6 is 11.3 Å². The van der Waals surface area contributed by atoms with Crippen LogP contribution in [0.4, 0.5) is 0 Å². The Morgan fingerprint density at radius 1 is 1.71 bits per heavy atom. The number of nitrogens with zero attached hydrogens (tertiary/aromatic N) is 1. The first kappa shape index (κ1) is 11.8. The van der Waals surface area contributed by atoms with Gasteiger partial charge in [-0.3, -0.25) is 4.79 Å². The number of carbonyl (C=O) groups excluding carboxylic acids is 1. The van der Waals surface area contributed by atoms with E-state index in [-0.39, 0.29) is 11.9 Å². The normalized spacial score (nSPS) is 12.4. The van der Waals surface area contributed by atoms with E-state index >= 15 is 0 Å². The molecule has 2 heterocycles. The predicted molar refractivity (Wildman–Crippen MR) is 65.8 cm³/mol. The zero-order chi connectivity index (χ0) is 12.3. The highest BCUT2D eigenvalue weighted by Gasteiger charge is 2.14. The highest BCUT2D eigenvalue weighted by molar-refractivity contribution is 7.16. The molecule has 0 saturated carbocycles. The fourth-order valence-electron chi connectivity index (χ4n) is 1.25. The van der Waals surface area contributed by atoms with Gasteiger partial charge >= 0.3 is 0 Å². The number of carbonyl (C=O) groups is 1. The number of aromatic nitrogens is 1. The molecule has 0 aromatic carbocycles. The quantitative estimate of drug-likeness (QED) is 0.862.